The number of rotatable bonds is 10. The van der Waals surface area contributed by atoms with E-state index < -0.39 is 6.35 Å². The lowest BCUT2D eigenvalue weighted by Gasteiger charge is -2.32. The zero-order chi connectivity index (χ0) is 26.6. The number of anilines is 3. The summed E-state index contributed by atoms with van der Waals surface area (Å²) >= 11 is 0. The Bertz CT molecular complexity index is 1250. The molecule has 1 amide bonds. The molecule has 10 heteroatoms. The van der Waals surface area contributed by atoms with Gasteiger partial charge in [0.15, 0.2) is 6.29 Å². The number of aliphatic hydroxyl groups is 1. The molecule has 38 heavy (non-hydrogen) atoms. The van der Waals surface area contributed by atoms with Gasteiger partial charge in [-0.05, 0) is 44.7 Å². The van der Waals surface area contributed by atoms with Crippen LogP contribution in [0.3, 0.4) is 0 Å². The smallest absolute Gasteiger partial charge is 0.237 e. The Kier molecular flexibility index (Phi) is 7.77. The van der Waals surface area contributed by atoms with Crippen LogP contribution in [0.1, 0.15) is 47.3 Å². The minimum Gasteiger partial charge on any atom is -0.384 e. The number of aromatic nitrogens is 2. The number of carbonyl (C=O) groups is 2. The number of aliphatic hydroxyl groups excluding tert-OH is 1. The fourth-order valence-corrected chi connectivity index (χ4v) is 4.24. The highest BCUT2D eigenvalue weighted by atomic mass is 16.3. The second-order valence-electron chi connectivity index (χ2n) is 10.5. The van der Waals surface area contributed by atoms with Crippen molar-refractivity contribution in [2.75, 3.05) is 55.8 Å². The van der Waals surface area contributed by atoms with E-state index in [1.807, 2.05) is 18.0 Å². The predicted octanol–water partition coefficient (Wildman–Crippen LogP) is 1.97. The molecular formula is C28H35N7O3. The molecule has 2 aromatic rings. The Balaban J connectivity index is 1.26. The van der Waals surface area contributed by atoms with Gasteiger partial charge in [0.25, 0.3) is 0 Å². The molecule has 10 nitrogen and oxygen atoms in total. The van der Waals surface area contributed by atoms with Crippen molar-refractivity contribution in [2.24, 2.45) is 11.8 Å². The summed E-state index contributed by atoms with van der Waals surface area (Å²) in [6.45, 7) is 2.98. The summed E-state index contributed by atoms with van der Waals surface area (Å²) in [5.74, 6) is 8.69. The SMILES string of the molecule is CN1CCN(Cc2ccc(N(C)C(O)Nc3cc(NCC4CC4)c(C#CC4CC4)cn3)nc2C=O)C(=O)C1. The van der Waals surface area contributed by atoms with Crippen LogP contribution in [0, 0.1) is 23.7 Å². The number of nitrogens with zero attached hydrogens (tertiary/aromatic N) is 5. The number of amides is 1. The maximum Gasteiger partial charge on any atom is 0.237 e. The zero-order valence-corrected chi connectivity index (χ0v) is 22.0. The summed E-state index contributed by atoms with van der Waals surface area (Å²) < 4.78 is 0. The van der Waals surface area contributed by atoms with E-state index in [0.717, 1.165) is 37.2 Å². The number of piperazine rings is 1. The van der Waals surface area contributed by atoms with Crippen molar-refractivity contribution in [3.05, 3.63) is 41.2 Å². The minimum absolute atomic E-state index is 0.0273. The third-order valence-electron chi connectivity index (χ3n) is 7.16. The predicted molar refractivity (Wildman–Crippen MR) is 146 cm³/mol. The van der Waals surface area contributed by atoms with Crippen LogP contribution >= 0.6 is 0 Å². The lowest BCUT2D eigenvalue weighted by atomic mass is 10.1. The molecule has 3 heterocycles. The van der Waals surface area contributed by atoms with E-state index in [-0.39, 0.29) is 11.6 Å². The van der Waals surface area contributed by atoms with Gasteiger partial charge in [-0.3, -0.25) is 14.5 Å². The number of nitrogens with one attached hydrogen (secondary N) is 2. The molecule has 2 aromatic heterocycles. The largest absolute Gasteiger partial charge is 0.384 e. The lowest BCUT2D eigenvalue weighted by Crippen LogP contribution is -2.48. The minimum atomic E-state index is -1.14. The molecule has 0 aromatic carbocycles. The number of hydrogen-bond acceptors (Lipinski definition) is 9. The average molecular weight is 518 g/mol. The van der Waals surface area contributed by atoms with Gasteiger partial charge in [0.2, 0.25) is 12.3 Å². The summed E-state index contributed by atoms with van der Waals surface area (Å²) in [5, 5.41) is 17.4. The number of pyridine rings is 2. The molecule has 5 rings (SSSR count). The molecule has 1 saturated heterocycles. The summed E-state index contributed by atoms with van der Waals surface area (Å²) in [6.07, 6.45) is 6.10. The number of likely N-dealkylation sites (N-methyl/N-ethyl adjacent to an activating group) is 1. The fourth-order valence-electron chi connectivity index (χ4n) is 4.24. The van der Waals surface area contributed by atoms with Crippen molar-refractivity contribution < 1.29 is 14.7 Å². The van der Waals surface area contributed by atoms with Crippen molar-refractivity contribution in [1.29, 1.82) is 0 Å². The first-order chi connectivity index (χ1) is 18.4. The topological polar surface area (TPSA) is 114 Å². The van der Waals surface area contributed by atoms with Crippen molar-refractivity contribution >= 4 is 29.5 Å². The molecule has 200 valence electrons. The average Bonchev–Trinajstić information content (AvgIpc) is 3.84. The number of carbonyl (C=O) groups excluding carboxylic acids is 2. The highest BCUT2D eigenvalue weighted by molar-refractivity contribution is 5.80. The first kappa shape index (κ1) is 25.9. The molecule has 2 aliphatic carbocycles. The summed E-state index contributed by atoms with van der Waals surface area (Å²) in [4.78, 5) is 38.3. The molecule has 0 radical (unpaired) electrons. The van der Waals surface area contributed by atoms with Crippen LogP contribution in [0.4, 0.5) is 17.3 Å². The fraction of sp³-hybridized carbons (Fsp3) is 0.500. The van der Waals surface area contributed by atoms with Gasteiger partial charge in [-0.2, -0.15) is 0 Å². The van der Waals surface area contributed by atoms with E-state index in [9.17, 15) is 14.7 Å². The van der Waals surface area contributed by atoms with Crippen LogP contribution in [0.5, 0.6) is 0 Å². The van der Waals surface area contributed by atoms with Crippen molar-refractivity contribution in [3.63, 3.8) is 0 Å². The van der Waals surface area contributed by atoms with Gasteiger partial charge >= 0.3 is 0 Å². The third-order valence-corrected chi connectivity index (χ3v) is 7.16. The Morgan fingerprint density at radius 3 is 2.79 bits per heavy atom. The molecule has 2 saturated carbocycles. The first-order valence-electron chi connectivity index (χ1n) is 13.2. The van der Waals surface area contributed by atoms with E-state index in [4.69, 9.17) is 0 Å². The Morgan fingerprint density at radius 1 is 1.26 bits per heavy atom. The quantitative estimate of drug-likeness (QED) is 0.247. The van der Waals surface area contributed by atoms with Crippen LogP contribution in [-0.2, 0) is 11.3 Å². The Morgan fingerprint density at radius 2 is 2.08 bits per heavy atom. The van der Waals surface area contributed by atoms with Crippen molar-refractivity contribution in [3.8, 4) is 11.8 Å². The van der Waals surface area contributed by atoms with Gasteiger partial charge in [-0.15, -0.1) is 0 Å². The van der Waals surface area contributed by atoms with Crippen molar-refractivity contribution in [2.45, 2.75) is 38.6 Å². The Hall–Kier alpha value is -3.68. The van der Waals surface area contributed by atoms with Crippen molar-refractivity contribution in [1.82, 2.24) is 19.8 Å². The van der Waals surface area contributed by atoms with Crippen LogP contribution in [0.2, 0.25) is 0 Å². The van der Waals surface area contributed by atoms with Gasteiger partial charge in [0, 0.05) is 57.0 Å². The van der Waals surface area contributed by atoms with Gasteiger partial charge < -0.3 is 25.5 Å². The summed E-state index contributed by atoms with van der Waals surface area (Å²) in [6, 6.07) is 5.39. The van der Waals surface area contributed by atoms with E-state index in [0.29, 0.717) is 55.0 Å². The lowest BCUT2D eigenvalue weighted by molar-refractivity contribution is -0.136. The molecule has 0 bridgehead atoms. The van der Waals surface area contributed by atoms with E-state index in [2.05, 4.69) is 32.4 Å². The monoisotopic (exact) mass is 517 g/mol. The Labute approximate surface area is 223 Å². The third kappa shape index (κ3) is 6.60. The zero-order valence-electron chi connectivity index (χ0n) is 22.0. The van der Waals surface area contributed by atoms with Gasteiger partial charge in [-0.1, -0.05) is 17.9 Å². The van der Waals surface area contributed by atoms with Crippen LogP contribution in [0.15, 0.2) is 24.4 Å². The molecule has 3 N–H and O–H groups in total. The maximum atomic E-state index is 12.3. The molecule has 1 aliphatic heterocycles. The summed E-state index contributed by atoms with van der Waals surface area (Å²) in [5.41, 5.74) is 2.68. The first-order valence-corrected chi connectivity index (χ1v) is 13.2. The van der Waals surface area contributed by atoms with Gasteiger partial charge in [-0.25, -0.2) is 9.97 Å². The van der Waals surface area contributed by atoms with Gasteiger partial charge in [0.1, 0.15) is 17.3 Å². The number of aldehydes is 1. The molecule has 3 fully saturated rings. The second kappa shape index (κ2) is 11.4. The molecular weight excluding hydrogens is 482 g/mol. The maximum absolute atomic E-state index is 12.3. The van der Waals surface area contributed by atoms with E-state index in [1.54, 1.807) is 30.3 Å². The van der Waals surface area contributed by atoms with Crippen LogP contribution in [-0.4, -0.2) is 83.7 Å². The van der Waals surface area contributed by atoms with E-state index in [1.165, 1.54) is 17.7 Å². The molecule has 1 atom stereocenters. The molecule has 0 spiro atoms. The standard InChI is InChI=1S/C28H35N7O3/c1-33-11-12-35(27(37)17-33)16-22-9-10-26(31-24(22)18-36)34(2)28(38)32-25-13-23(29-14-20-5-6-20)21(15-30-25)8-7-19-3-4-19/h9-10,13,15,18-20,28,38H,3-6,11-12,14,16-17H2,1-2H3,(H2,29,30,32). The highest BCUT2D eigenvalue weighted by Crippen LogP contribution is 2.31. The number of hydrogen-bond donors (Lipinski definition) is 3. The normalized spacial score (nSPS) is 18.4. The molecule has 1 unspecified atom stereocenters. The summed E-state index contributed by atoms with van der Waals surface area (Å²) in [7, 11) is 3.59. The van der Waals surface area contributed by atoms with Gasteiger partial charge in [0.05, 0.1) is 17.8 Å². The van der Waals surface area contributed by atoms with Crippen LogP contribution in [0.25, 0.3) is 0 Å². The second-order valence-corrected chi connectivity index (χ2v) is 10.5. The van der Waals surface area contributed by atoms with E-state index >= 15 is 0 Å². The molecule has 3 aliphatic rings. The highest BCUT2D eigenvalue weighted by Gasteiger charge is 2.24. The van der Waals surface area contributed by atoms with Crippen LogP contribution < -0.4 is 15.5 Å².